The van der Waals surface area contributed by atoms with Gasteiger partial charge in [0.1, 0.15) is 5.75 Å². The molecule has 8 nitrogen and oxygen atoms in total. The number of hydrogen-bond donors (Lipinski definition) is 1. The van der Waals surface area contributed by atoms with Crippen LogP contribution >= 0.6 is 0 Å². The molecule has 2 heterocycles. The van der Waals surface area contributed by atoms with Crippen LogP contribution < -0.4 is 14.4 Å². The fourth-order valence-corrected chi connectivity index (χ4v) is 8.91. The van der Waals surface area contributed by atoms with Gasteiger partial charge in [-0.3, -0.25) is 13.9 Å². The number of carbonyl (C=O) groups is 2. The second-order valence-corrected chi connectivity index (χ2v) is 14.0. The molecule has 1 saturated heterocycles. The molecule has 0 aromatic heterocycles. The third-order valence-electron chi connectivity index (χ3n) is 9.37. The van der Waals surface area contributed by atoms with E-state index in [4.69, 9.17) is 0 Å². The molecule has 1 saturated carbocycles. The SMILES string of the molecule is CC(=O)N1CCC2(CC1)c1cc(C(=O)NCc3ccccc3C(F)(F)F)ccc1N(S(=O)(=O)c1cccc(OC(F)F)c1)C2C1CC1. The van der Waals surface area contributed by atoms with Gasteiger partial charge >= 0.3 is 12.8 Å². The van der Waals surface area contributed by atoms with Crippen LogP contribution in [0.5, 0.6) is 5.75 Å². The van der Waals surface area contributed by atoms with Crippen molar-refractivity contribution in [1.29, 1.82) is 0 Å². The molecule has 6 rings (SSSR count). The highest BCUT2D eigenvalue weighted by molar-refractivity contribution is 7.93. The fraction of sp³-hybridized carbons (Fsp3) is 0.394. The van der Waals surface area contributed by atoms with Crippen molar-refractivity contribution < 1.29 is 44.7 Å². The van der Waals surface area contributed by atoms with Gasteiger partial charge in [0.25, 0.3) is 15.9 Å². The molecule has 1 aliphatic carbocycles. The molecule has 3 aliphatic rings. The van der Waals surface area contributed by atoms with E-state index in [2.05, 4.69) is 10.1 Å². The molecule has 2 fully saturated rings. The summed E-state index contributed by atoms with van der Waals surface area (Å²) in [5.41, 5.74) is -0.691. The Kier molecular flexibility index (Phi) is 8.43. The number of halogens is 5. The number of hydrogen-bond acceptors (Lipinski definition) is 5. The number of amides is 2. The number of rotatable bonds is 8. The van der Waals surface area contributed by atoms with E-state index in [1.54, 1.807) is 11.0 Å². The standard InChI is InChI=1S/C33H32F5N3O5S/c1-20(42)40-15-13-32(14-16-40)27-17-22(30(43)39-19-23-5-2-3-8-26(23)33(36,37)38)11-12-28(27)41(29(32)21-9-10-21)47(44,45)25-7-4-6-24(18-25)46-31(34)35/h2-8,11-12,17-18,21,29,31H,9-10,13-16,19H2,1H3,(H,39,43). The van der Waals surface area contributed by atoms with E-state index in [1.807, 2.05) is 0 Å². The number of anilines is 1. The van der Waals surface area contributed by atoms with Crippen molar-refractivity contribution in [2.24, 2.45) is 5.92 Å². The summed E-state index contributed by atoms with van der Waals surface area (Å²) >= 11 is 0. The van der Waals surface area contributed by atoms with E-state index in [9.17, 15) is 40.0 Å². The van der Waals surface area contributed by atoms with Crippen LogP contribution in [-0.4, -0.2) is 50.9 Å². The predicted octanol–water partition coefficient (Wildman–Crippen LogP) is 6.10. The normalized spacial score (nSPS) is 19.2. The summed E-state index contributed by atoms with van der Waals surface area (Å²) in [5.74, 6) is -1.10. The Labute approximate surface area is 268 Å². The monoisotopic (exact) mass is 677 g/mol. The van der Waals surface area contributed by atoms with E-state index in [0.29, 0.717) is 37.2 Å². The molecule has 3 aromatic rings. The Hall–Kier alpha value is -4.20. The third-order valence-corrected chi connectivity index (χ3v) is 11.2. The van der Waals surface area contributed by atoms with Crippen LogP contribution in [0.2, 0.25) is 0 Å². The average molecular weight is 678 g/mol. The second kappa shape index (κ2) is 12.1. The van der Waals surface area contributed by atoms with Gasteiger partial charge in [0.2, 0.25) is 5.91 Å². The minimum atomic E-state index is -4.60. The molecule has 1 spiro atoms. The lowest BCUT2D eigenvalue weighted by molar-refractivity contribution is -0.138. The van der Waals surface area contributed by atoms with Crippen molar-refractivity contribution in [3.05, 3.63) is 89.0 Å². The highest BCUT2D eigenvalue weighted by Gasteiger charge is 2.60. The summed E-state index contributed by atoms with van der Waals surface area (Å²) in [6.45, 7) is -1.36. The minimum absolute atomic E-state index is 0.0299. The van der Waals surface area contributed by atoms with Gasteiger partial charge in [-0.25, -0.2) is 8.42 Å². The summed E-state index contributed by atoms with van der Waals surface area (Å²) in [7, 11) is -4.35. The van der Waals surface area contributed by atoms with Gasteiger partial charge in [-0.2, -0.15) is 22.0 Å². The lowest BCUT2D eigenvalue weighted by Gasteiger charge is -2.45. The van der Waals surface area contributed by atoms with Gasteiger partial charge in [0.05, 0.1) is 22.2 Å². The zero-order chi connectivity index (χ0) is 33.7. The lowest BCUT2D eigenvalue weighted by atomic mass is 9.68. The van der Waals surface area contributed by atoms with Crippen molar-refractivity contribution >= 4 is 27.5 Å². The first kappa shape index (κ1) is 32.7. The third kappa shape index (κ3) is 6.15. The summed E-state index contributed by atoms with van der Waals surface area (Å²) in [4.78, 5) is 27.1. The first-order valence-electron chi connectivity index (χ1n) is 15.1. The van der Waals surface area contributed by atoms with Crippen molar-refractivity contribution in [3.63, 3.8) is 0 Å². The maximum Gasteiger partial charge on any atom is 0.416 e. The summed E-state index contributed by atoms with van der Waals surface area (Å²) < 4.78 is 101. The number of fused-ring (bicyclic) bond motifs is 2. The topological polar surface area (TPSA) is 96.0 Å². The van der Waals surface area contributed by atoms with Crippen molar-refractivity contribution in [1.82, 2.24) is 10.2 Å². The highest BCUT2D eigenvalue weighted by Crippen LogP contribution is 2.59. The highest BCUT2D eigenvalue weighted by atomic mass is 32.2. The Morgan fingerprint density at radius 3 is 2.34 bits per heavy atom. The van der Waals surface area contributed by atoms with Crippen molar-refractivity contribution in [2.45, 2.75) is 68.3 Å². The van der Waals surface area contributed by atoms with E-state index in [1.165, 1.54) is 59.8 Å². The zero-order valence-corrected chi connectivity index (χ0v) is 26.1. The average Bonchev–Trinajstić information content (AvgIpc) is 3.83. The largest absolute Gasteiger partial charge is 0.435 e. The van der Waals surface area contributed by atoms with Gasteiger partial charge in [-0.15, -0.1) is 0 Å². The number of alkyl halides is 5. The fourth-order valence-electron chi connectivity index (χ4n) is 7.07. The van der Waals surface area contributed by atoms with Crippen LogP contribution in [0.1, 0.15) is 59.7 Å². The molecule has 14 heteroatoms. The Morgan fingerprint density at radius 2 is 1.70 bits per heavy atom. The molecule has 0 bridgehead atoms. The van der Waals surface area contributed by atoms with E-state index in [0.717, 1.165) is 25.0 Å². The number of nitrogens with one attached hydrogen (secondary N) is 1. The van der Waals surface area contributed by atoms with Crippen LogP contribution in [-0.2, 0) is 33.0 Å². The number of piperidine rings is 1. The molecular formula is C33H32F5N3O5S. The van der Waals surface area contributed by atoms with Gasteiger partial charge < -0.3 is 15.0 Å². The van der Waals surface area contributed by atoms with Gasteiger partial charge in [-0.1, -0.05) is 24.3 Å². The van der Waals surface area contributed by atoms with Crippen LogP contribution in [0.15, 0.2) is 71.6 Å². The number of ether oxygens (including phenoxy) is 1. The Balaban J connectivity index is 1.40. The Bertz CT molecular complexity index is 1800. The summed E-state index contributed by atoms with van der Waals surface area (Å²) in [6, 6.07) is 13.8. The summed E-state index contributed by atoms with van der Waals surface area (Å²) in [5, 5.41) is 2.57. The quantitative estimate of drug-likeness (QED) is 0.291. The number of sulfonamides is 1. The van der Waals surface area contributed by atoms with Gasteiger partial charge in [0, 0.05) is 43.6 Å². The maximum absolute atomic E-state index is 14.4. The molecule has 1 atom stereocenters. The smallest absolute Gasteiger partial charge is 0.416 e. The summed E-state index contributed by atoms with van der Waals surface area (Å²) in [6.07, 6.45) is -2.28. The van der Waals surface area contributed by atoms with E-state index in [-0.39, 0.29) is 40.1 Å². The number of likely N-dealkylation sites (tertiary alicyclic amines) is 1. The first-order chi connectivity index (χ1) is 22.2. The molecule has 0 radical (unpaired) electrons. The van der Waals surface area contributed by atoms with Crippen LogP contribution in [0.4, 0.5) is 27.6 Å². The maximum atomic E-state index is 14.4. The first-order valence-corrected chi connectivity index (χ1v) is 16.6. The molecule has 2 aliphatic heterocycles. The van der Waals surface area contributed by atoms with Crippen molar-refractivity contribution in [2.75, 3.05) is 17.4 Å². The second-order valence-electron chi connectivity index (χ2n) is 12.2. The predicted molar refractivity (Wildman–Crippen MR) is 161 cm³/mol. The lowest BCUT2D eigenvalue weighted by Crippen LogP contribution is -2.54. The molecule has 47 heavy (non-hydrogen) atoms. The van der Waals surface area contributed by atoms with Crippen molar-refractivity contribution in [3.8, 4) is 5.75 Å². The van der Waals surface area contributed by atoms with E-state index >= 15 is 0 Å². The molecule has 1 N–H and O–H groups in total. The van der Waals surface area contributed by atoms with Gasteiger partial charge in [-0.05, 0) is 79.1 Å². The molecule has 3 aromatic carbocycles. The molecule has 250 valence electrons. The van der Waals surface area contributed by atoms with Crippen LogP contribution in [0.25, 0.3) is 0 Å². The molecule has 1 unspecified atom stereocenters. The minimum Gasteiger partial charge on any atom is -0.435 e. The Morgan fingerprint density at radius 1 is 1.00 bits per heavy atom. The number of carbonyl (C=O) groups excluding carboxylic acids is 2. The van der Waals surface area contributed by atoms with Crippen LogP contribution in [0.3, 0.4) is 0 Å². The number of benzene rings is 3. The number of nitrogens with zero attached hydrogens (tertiary/aromatic N) is 2. The van der Waals surface area contributed by atoms with E-state index < -0.39 is 45.7 Å². The van der Waals surface area contributed by atoms with Gasteiger partial charge in [0.15, 0.2) is 0 Å². The molecular weight excluding hydrogens is 645 g/mol. The zero-order valence-electron chi connectivity index (χ0n) is 25.3. The van der Waals surface area contributed by atoms with Crippen LogP contribution in [0, 0.1) is 5.92 Å². The molecule has 2 amide bonds.